The predicted octanol–water partition coefficient (Wildman–Crippen LogP) is 3.15. The van der Waals surface area contributed by atoms with Crippen molar-refractivity contribution in [1.82, 2.24) is 0 Å². The molecule has 4 aliphatic carbocycles. The summed E-state index contributed by atoms with van der Waals surface area (Å²) in [5.74, 6) is 0.162. The monoisotopic (exact) mass is 432 g/mol. The molecule has 6 nitrogen and oxygen atoms in total. The summed E-state index contributed by atoms with van der Waals surface area (Å²) < 4.78 is 11.0. The smallest absolute Gasteiger partial charge is 0.331 e. The maximum atomic E-state index is 12.4. The van der Waals surface area contributed by atoms with Crippen LogP contribution in [0.15, 0.2) is 11.6 Å². The molecule has 0 bridgehead atoms. The maximum Gasteiger partial charge on any atom is 0.331 e. The number of carbonyl (C=O) groups is 2. The lowest BCUT2D eigenvalue weighted by Crippen LogP contribution is -2.62. The predicted molar refractivity (Wildman–Crippen MR) is 113 cm³/mol. The largest absolute Gasteiger partial charge is 0.462 e. The summed E-state index contributed by atoms with van der Waals surface area (Å²) in [4.78, 5) is 23.8. The first-order valence-corrected chi connectivity index (χ1v) is 12.0. The van der Waals surface area contributed by atoms with Gasteiger partial charge in [-0.1, -0.05) is 13.8 Å². The van der Waals surface area contributed by atoms with Gasteiger partial charge >= 0.3 is 11.9 Å². The average molecular weight is 433 g/mol. The van der Waals surface area contributed by atoms with Crippen LogP contribution >= 0.6 is 0 Å². The summed E-state index contributed by atoms with van der Waals surface area (Å²) in [5.41, 5.74) is -0.420. The van der Waals surface area contributed by atoms with Crippen molar-refractivity contribution in [3.63, 3.8) is 0 Å². The molecule has 31 heavy (non-hydrogen) atoms. The number of cyclic esters (lactones) is 1. The number of hydrogen-bond donors (Lipinski definition) is 2. The zero-order valence-corrected chi connectivity index (χ0v) is 18.9. The molecule has 172 valence electrons. The van der Waals surface area contributed by atoms with Gasteiger partial charge in [0, 0.05) is 30.8 Å². The molecule has 0 aromatic carbocycles. The number of ether oxygens (including phenoxy) is 2. The highest BCUT2D eigenvalue weighted by Gasteiger charge is 2.70. The van der Waals surface area contributed by atoms with Crippen LogP contribution in [0.4, 0.5) is 0 Å². The van der Waals surface area contributed by atoms with E-state index in [1.165, 1.54) is 6.92 Å². The van der Waals surface area contributed by atoms with Crippen LogP contribution in [0.5, 0.6) is 0 Å². The Balaban J connectivity index is 1.52. The molecule has 1 aliphatic heterocycles. The van der Waals surface area contributed by atoms with Gasteiger partial charge in [0.15, 0.2) is 0 Å². The molecule has 0 aromatic rings. The third-order valence-corrected chi connectivity index (χ3v) is 10.2. The highest BCUT2D eigenvalue weighted by Crippen LogP contribution is 2.70. The number of carbonyl (C=O) groups excluding carboxylic acids is 2. The SMILES string of the molecule is CC(=O)O[C@H]1C[C@@]2(O)[C@@H]3CC[C@@H]4C[C@H](O)CC[C@]4(C)[C@H]3CC[C@]2(C)[C@H]1C1=CC(=O)OC1. The summed E-state index contributed by atoms with van der Waals surface area (Å²) in [7, 11) is 0. The lowest BCUT2D eigenvalue weighted by Gasteiger charge is -2.63. The van der Waals surface area contributed by atoms with Gasteiger partial charge in [0.2, 0.25) is 0 Å². The van der Waals surface area contributed by atoms with E-state index in [0.29, 0.717) is 18.3 Å². The van der Waals surface area contributed by atoms with E-state index < -0.39 is 17.1 Å². The Morgan fingerprint density at radius 2 is 1.94 bits per heavy atom. The Morgan fingerprint density at radius 1 is 1.16 bits per heavy atom. The van der Waals surface area contributed by atoms with Gasteiger partial charge < -0.3 is 19.7 Å². The molecule has 0 unspecified atom stereocenters. The van der Waals surface area contributed by atoms with E-state index in [1.807, 2.05) is 0 Å². The van der Waals surface area contributed by atoms with Crippen LogP contribution < -0.4 is 0 Å². The van der Waals surface area contributed by atoms with E-state index >= 15 is 0 Å². The summed E-state index contributed by atoms with van der Waals surface area (Å²) in [5, 5.41) is 22.7. The molecule has 2 N–H and O–H groups in total. The zero-order valence-electron chi connectivity index (χ0n) is 18.9. The van der Waals surface area contributed by atoms with Crippen molar-refractivity contribution in [3.8, 4) is 0 Å². The summed E-state index contributed by atoms with van der Waals surface area (Å²) >= 11 is 0. The van der Waals surface area contributed by atoms with Gasteiger partial charge in [-0.3, -0.25) is 4.79 Å². The molecule has 9 atom stereocenters. The van der Waals surface area contributed by atoms with Gasteiger partial charge in [0.05, 0.1) is 11.7 Å². The third kappa shape index (κ3) is 2.97. The molecule has 6 heteroatoms. The van der Waals surface area contributed by atoms with Gasteiger partial charge in [0.25, 0.3) is 0 Å². The molecule has 4 saturated carbocycles. The topological polar surface area (TPSA) is 93.1 Å². The van der Waals surface area contributed by atoms with Crippen molar-refractivity contribution in [2.75, 3.05) is 6.61 Å². The minimum absolute atomic E-state index is 0.139. The Morgan fingerprint density at radius 3 is 2.61 bits per heavy atom. The average Bonchev–Trinajstić information content (AvgIpc) is 3.19. The molecule has 0 amide bonds. The standard InChI is InChI=1S/C25H36O6/c1-14(26)31-20-12-25(29)19-5-4-16-11-17(27)6-8-23(16,2)18(19)7-9-24(25,3)22(20)15-10-21(28)30-13-15/h10,16-20,22,27,29H,4-9,11-13H2,1-3H3/t16-,17-,18+,19-,20+,22+,23+,24-,25-/m1/s1. The Bertz CT molecular complexity index is 821. The van der Waals surface area contributed by atoms with E-state index in [4.69, 9.17) is 9.47 Å². The number of aliphatic hydroxyl groups is 2. The van der Waals surface area contributed by atoms with E-state index in [2.05, 4.69) is 13.8 Å². The number of rotatable bonds is 2. The van der Waals surface area contributed by atoms with E-state index in [0.717, 1.165) is 50.5 Å². The summed E-state index contributed by atoms with van der Waals surface area (Å²) in [6.45, 7) is 6.16. The molecule has 1 heterocycles. The van der Waals surface area contributed by atoms with Crippen molar-refractivity contribution >= 4 is 11.9 Å². The molecular formula is C25H36O6. The number of fused-ring (bicyclic) bond motifs is 5. The van der Waals surface area contributed by atoms with Crippen LogP contribution in [0, 0.1) is 34.5 Å². The van der Waals surface area contributed by atoms with Crippen LogP contribution in [0.2, 0.25) is 0 Å². The second kappa shape index (κ2) is 7.05. The molecule has 5 rings (SSSR count). The molecule has 0 aromatic heterocycles. The zero-order chi connectivity index (χ0) is 22.2. The molecule has 0 radical (unpaired) electrons. The van der Waals surface area contributed by atoms with Crippen molar-refractivity contribution in [2.45, 2.75) is 89.9 Å². The maximum absolute atomic E-state index is 12.4. The van der Waals surface area contributed by atoms with Gasteiger partial charge in [-0.05, 0) is 73.7 Å². The molecule has 4 fully saturated rings. The van der Waals surface area contributed by atoms with Crippen LogP contribution in [0.25, 0.3) is 0 Å². The minimum atomic E-state index is -0.947. The first-order chi connectivity index (χ1) is 14.6. The highest BCUT2D eigenvalue weighted by atomic mass is 16.5. The van der Waals surface area contributed by atoms with Crippen molar-refractivity contribution in [1.29, 1.82) is 0 Å². The lowest BCUT2D eigenvalue weighted by molar-refractivity contribution is -0.208. The van der Waals surface area contributed by atoms with Gasteiger partial charge in [-0.25, -0.2) is 4.79 Å². The fraction of sp³-hybridized carbons (Fsp3) is 0.840. The second-order valence-electron chi connectivity index (χ2n) is 11.5. The molecule has 5 aliphatic rings. The van der Waals surface area contributed by atoms with Gasteiger partial charge in [-0.2, -0.15) is 0 Å². The van der Waals surface area contributed by atoms with Crippen LogP contribution in [0.3, 0.4) is 0 Å². The van der Waals surface area contributed by atoms with E-state index in [1.54, 1.807) is 6.08 Å². The fourth-order valence-electron chi connectivity index (χ4n) is 8.76. The number of esters is 2. The number of aliphatic hydroxyl groups excluding tert-OH is 1. The highest BCUT2D eigenvalue weighted by molar-refractivity contribution is 5.85. The normalized spacial score (nSPS) is 51.3. The quantitative estimate of drug-likeness (QED) is 0.651. The Kier molecular flexibility index (Phi) is 4.88. The number of hydrogen-bond acceptors (Lipinski definition) is 6. The Labute approximate surface area is 184 Å². The van der Waals surface area contributed by atoms with Crippen LogP contribution in [0.1, 0.15) is 72.1 Å². The fourth-order valence-corrected chi connectivity index (χ4v) is 8.76. The third-order valence-electron chi connectivity index (χ3n) is 10.2. The van der Waals surface area contributed by atoms with Crippen LogP contribution in [-0.2, 0) is 19.1 Å². The molecule has 0 saturated heterocycles. The molecular weight excluding hydrogens is 396 g/mol. The molecule has 0 spiro atoms. The lowest BCUT2D eigenvalue weighted by atomic mass is 9.43. The van der Waals surface area contributed by atoms with Crippen molar-refractivity contribution in [2.24, 2.45) is 34.5 Å². The second-order valence-corrected chi connectivity index (χ2v) is 11.5. The summed E-state index contributed by atoms with van der Waals surface area (Å²) in [6.07, 6.45) is 7.90. The Hall–Kier alpha value is -1.40. The first kappa shape index (κ1) is 21.4. The van der Waals surface area contributed by atoms with Gasteiger partial charge in [-0.15, -0.1) is 0 Å². The summed E-state index contributed by atoms with van der Waals surface area (Å²) in [6, 6.07) is 0. The van der Waals surface area contributed by atoms with E-state index in [-0.39, 0.29) is 41.9 Å². The minimum Gasteiger partial charge on any atom is -0.462 e. The van der Waals surface area contributed by atoms with E-state index in [9.17, 15) is 19.8 Å². The van der Waals surface area contributed by atoms with Crippen molar-refractivity contribution in [3.05, 3.63) is 11.6 Å². The van der Waals surface area contributed by atoms with Crippen molar-refractivity contribution < 1.29 is 29.3 Å². The van der Waals surface area contributed by atoms with Gasteiger partial charge in [0.1, 0.15) is 12.7 Å². The first-order valence-electron chi connectivity index (χ1n) is 12.0. The van der Waals surface area contributed by atoms with Crippen LogP contribution in [-0.4, -0.2) is 46.6 Å².